The normalized spacial score (nSPS) is 29.3. The van der Waals surface area contributed by atoms with Crippen LogP contribution in [0.2, 0.25) is 0 Å². The first-order valence-electron chi connectivity index (χ1n) is 11.2. The molecular weight excluding hydrogens is 414 g/mol. The van der Waals surface area contributed by atoms with Crippen LogP contribution >= 0.6 is 0 Å². The Morgan fingerprint density at radius 3 is 2.45 bits per heavy atom. The highest BCUT2D eigenvalue weighted by Crippen LogP contribution is 2.36. The molecule has 2 N–H and O–H groups in total. The Kier molecular flexibility index (Phi) is 5.40. The molecule has 166 valence electrons. The molecular formula is C23H29N3O4S. The summed E-state index contributed by atoms with van der Waals surface area (Å²) in [6.07, 6.45) is 4.29. The van der Waals surface area contributed by atoms with Crippen molar-refractivity contribution in [3.05, 3.63) is 42.5 Å². The van der Waals surface area contributed by atoms with E-state index in [-0.39, 0.29) is 36.8 Å². The predicted octanol–water partition coefficient (Wildman–Crippen LogP) is 2.69. The first-order valence-corrected chi connectivity index (χ1v) is 12.6. The van der Waals surface area contributed by atoms with Gasteiger partial charge in [-0.3, -0.25) is 0 Å². The van der Waals surface area contributed by atoms with Crippen molar-refractivity contribution < 1.29 is 18.3 Å². The van der Waals surface area contributed by atoms with E-state index in [0.717, 1.165) is 30.0 Å². The number of aliphatic hydroxyl groups excluding tert-OH is 1. The van der Waals surface area contributed by atoms with E-state index in [1.807, 2.05) is 35.2 Å². The number of carbonyl (C=O) groups is 1. The number of hydrogen-bond acceptors (Lipinski definition) is 4. The number of fused-ring (bicyclic) bond motifs is 3. The third-order valence-corrected chi connectivity index (χ3v) is 8.87. The lowest BCUT2D eigenvalue weighted by Gasteiger charge is -2.39. The Morgan fingerprint density at radius 2 is 1.71 bits per heavy atom. The first-order chi connectivity index (χ1) is 14.9. The SMILES string of the molecule is O=C(N[C@H]1CCCN(S(=O)(=O)c2ccc3ccccc3c2)C1)N1[C@@H]2CC[C@H]1CC(O)C2. The van der Waals surface area contributed by atoms with E-state index >= 15 is 0 Å². The quantitative estimate of drug-likeness (QED) is 0.763. The number of rotatable bonds is 3. The number of amides is 2. The second-order valence-electron chi connectivity index (χ2n) is 9.08. The van der Waals surface area contributed by atoms with Crippen LogP contribution in [0.3, 0.4) is 0 Å². The van der Waals surface area contributed by atoms with Gasteiger partial charge in [0.05, 0.1) is 11.0 Å². The molecule has 3 heterocycles. The summed E-state index contributed by atoms with van der Waals surface area (Å²) in [6.45, 7) is 0.745. The highest BCUT2D eigenvalue weighted by Gasteiger charge is 2.43. The molecule has 0 aromatic heterocycles. The fourth-order valence-corrected chi connectivity index (χ4v) is 7.04. The van der Waals surface area contributed by atoms with E-state index in [9.17, 15) is 18.3 Å². The zero-order chi connectivity index (χ0) is 21.6. The fourth-order valence-electron chi connectivity index (χ4n) is 5.48. The summed E-state index contributed by atoms with van der Waals surface area (Å²) in [7, 11) is -3.63. The van der Waals surface area contributed by atoms with Crippen molar-refractivity contribution in [1.82, 2.24) is 14.5 Å². The minimum Gasteiger partial charge on any atom is -0.393 e. The highest BCUT2D eigenvalue weighted by molar-refractivity contribution is 7.89. The molecule has 0 spiro atoms. The summed E-state index contributed by atoms with van der Waals surface area (Å²) >= 11 is 0. The van der Waals surface area contributed by atoms with Gasteiger partial charge in [0.25, 0.3) is 0 Å². The van der Waals surface area contributed by atoms with Gasteiger partial charge in [-0.15, -0.1) is 0 Å². The molecule has 0 aliphatic carbocycles. The van der Waals surface area contributed by atoms with Gasteiger partial charge in [0.15, 0.2) is 0 Å². The fraction of sp³-hybridized carbons (Fsp3) is 0.522. The second-order valence-corrected chi connectivity index (χ2v) is 11.0. The average molecular weight is 444 g/mol. The van der Waals surface area contributed by atoms with Crippen LogP contribution < -0.4 is 5.32 Å². The topological polar surface area (TPSA) is 90.0 Å². The molecule has 3 saturated heterocycles. The monoisotopic (exact) mass is 443 g/mol. The lowest BCUT2D eigenvalue weighted by Crippen LogP contribution is -2.56. The van der Waals surface area contributed by atoms with Gasteiger partial charge < -0.3 is 15.3 Å². The summed E-state index contributed by atoms with van der Waals surface area (Å²) in [5.74, 6) is 0. The average Bonchev–Trinajstić information content (AvgIpc) is 3.05. The summed E-state index contributed by atoms with van der Waals surface area (Å²) in [5, 5.41) is 15.0. The molecule has 0 saturated carbocycles. The van der Waals surface area contributed by atoms with Gasteiger partial charge in [-0.2, -0.15) is 4.31 Å². The third kappa shape index (κ3) is 3.92. The van der Waals surface area contributed by atoms with Crippen LogP contribution in [0.25, 0.3) is 10.8 Å². The van der Waals surface area contributed by atoms with Crippen molar-refractivity contribution in [1.29, 1.82) is 0 Å². The second kappa shape index (κ2) is 8.07. The molecule has 0 radical (unpaired) electrons. The van der Waals surface area contributed by atoms with Crippen LogP contribution in [0.4, 0.5) is 4.79 Å². The summed E-state index contributed by atoms with van der Waals surface area (Å²) < 4.78 is 28.1. The van der Waals surface area contributed by atoms with E-state index in [0.29, 0.717) is 30.7 Å². The molecule has 3 aliphatic rings. The van der Waals surface area contributed by atoms with Crippen LogP contribution in [-0.2, 0) is 10.0 Å². The van der Waals surface area contributed by atoms with Crippen LogP contribution in [0.1, 0.15) is 38.5 Å². The maximum atomic E-state index is 13.3. The number of nitrogens with one attached hydrogen (secondary N) is 1. The Balaban J connectivity index is 1.29. The summed E-state index contributed by atoms with van der Waals surface area (Å²) in [4.78, 5) is 15.2. The van der Waals surface area contributed by atoms with E-state index in [1.165, 1.54) is 4.31 Å². The minimum absolute atomic E-state index is 0.0924. The van der Waals surface area contributed by atoms with Gasteiger partial charge in [0.2, 0.25) is 10.0 Å². The number of urea groups is 1. The van der Waals surface area contributed by atoms with Crippen LogP contribution in [0, 0.1) is 0 Å². The minimum atomic E-state index is -3.63. The van der Waals surface area contributed by atoms with E-state index in [1.54, 1.807) is 12.1 Å². The lowest BCUT2D eigenvalue weighted by atomic mass is 10.0. The molecule has 31 heavy (non-hydrogen) atoms. The van der Waals surface area contributed by atoms with Gasteiger partial charge in [-0.05, 0) is 61.4 Å². The van der Waals surface area contributed by atoms with Crippen molar-refractivity contribution in [2.45, 2.75) is 67.6 Å². The molecule has 2 amide bonds. The largest absolute Gasteiger partial charge is 0.393 e. The Bertz CT molecular complexity index is 1080. The standard InChI is InChI=1S/C23H29N3O4S/c27-21-13-19-8-9-20(14-21)26(19)23(28)24-18-6-3-11-25(15-18)31(29,30)22-10-7-16-4-1-2-5-17(16)12-22/h1-2,4-5,7,10,12,18-21,27H,3,6,8-9,11,13-15H2,(H,24,28)/t18-,19-,20+,21?/m0/s1. The Labute approximate surface area is 183 Å². The number of aliphatic hydroxyl groups is 1. The van der Waals surface area contributed by atoms with Crippen LogP contribution in [0.5, 0.6) is 0 Å². The highest BCUT2D eigenvalue weighted by atomic mass is 32.2. The number of carbonyl (C=O) groups excluding carboxylic acids is 1. The van der Waals surface area contributed by atoms with Crippen molar-refractivity contribution >= 4 is 26.8 Å². The molecule has 3 aliphatic heterocycles. The number of benzene rings is 2. The smallest absolute Gasteiger partial charge is 0.318 e. The number of piperidine rings is 2. The Hall–Kier alpha value is -2.16. The van der Waals surface area contributed by atoms with E-state index < -0.39 is 10.0 Å². The Morgan fingerprint density at radius 1 is 1.00 bits per heavy atom. The molecule has 2 aromatic rings. The van der Waals surface area contributed by atoms with Crippen molar-refractivity contribution in [2.75, 3.05) is 13.1 Å². The summed E-state index contributed by atoms with van der Waals surface area (Å²) in [6, 6.07) is 12.8. The third-order valence-electron chi connectivity index (χ3n) is 7.01. The van der Waals surface area contributed by atoms with Crippen LogP contribution in [0.15, 0.2) is 47.4 Å². The van der Waals surface area contributed by atoms with E-state index in [4.69, 9.17) is 0 Å². The van der Waals surface area contributed by atoms with Gasteiger partial charge in [-0.25, -0.2) is 13.2 Å². The summed E-state index contributed by atoms with van der Waals surface area (Å²) in [5.41, 5.74) is 0. The molecule has 4 atom stereocenters. The lowest BCUT2D eigenvalue weighted by molar-refractivity contribution is 0.0528. The molecule has 2 bridgehead atoms. The zero-order valence-electron chi connectivity index (χ0n) is 17.5. The molecule has 8 heteroatoms. The van der Waals surface area contributed by atoms with Crippen molar-refractivity contribution in [3.8, 4) is 0 Å². The number of sulfonamides is 1. The molecule has 5 rings (SSSR count). The number of hydrogen-bond donors (Lipinski definition) is 2. The first kappa shape index (κ1) is 20.7. The van der Waals surface area contributed by atoms with Gasteiger partial charge in [0, 0.05) is 31.2 Å². The molecule has 1 unspecified atom stereocenters. The maximum Gasteiger partial charge on any atom is 0.318 e. The van der Waals surface area contributed by atoms with Gasteiger partial charge in [0.1, 0.15) is 0 Å². The van der Waals surface area contributed by atoms with Gasteiger partial charge in [-0.1, -0.05) is 30.3 Å². The molecule has 7 nitrogen and oxygen atoms in total. The van der Waals surface area contributed by atoms with Gasteiger partial charge >= 0.3 is 6.03 Å². The zero-order valence-corrected chi connectivity index (χ0v) is 18.3. The molecule has 2 aromatic carbocycles. The number of nitrogens with zero attached hydrogens (tertiary/aromatic N) is 2. The van der Waals surface area contributed by atoms with Crippen molar-refractivity contribution in [2.24, 2.45) is 0 Å². The maximum absolute atomic E-state index is 13.3. The molecule has 3 fully saturated rings. The predicted molar refractivity (Wildman–Crippen MR) is 118 cm³/mol. The van der Waals surface area contributed by atoms with Crippen LogP contribution in [-0.4, -0.2) is 66.1 Å². The van der Waals surface area contributed by atoms with Crippen molar-refractivity contribution in [3.63, 3.8) is 0 Å². The van der Waals surface area contributed by atoms with E-state index in [2.05, 4.69) is 5.32 Å².